The molecule has 1 rings (SSSR count). The van der Waals surface area contributed by atoms with Crippen LogP contribution in [0.2, 0.25) is 0 Å². The highest BCUT2D eigenvalue weighted by molar-refractivity contribution is 7.80. The van der Waals surface area contributed by atoms with Gasteiger partial charge in [0.25, 0.3) is 0 Å². The smallest absolute Gasteiger partial charge is 0.239 e. The Morgan fingerprint density at radius 1 is 1.15 bits per heavy atom. The summed E-state index contributed by atoms with van der Waals surface area (Å²) in [6.07, 6.45) is 0. The molecule has 0 radical (unpaired) electrons. The van der Waals surface area contributed by atoms with Crippen LogP contribution in [0.4, 0.5) is 5.69 Å². The number of nitrogens with one attached hydrogen (secondary N) is 3. The van der Waals surface area contributed by atoms with Gasteiger partial charge in [0.2, 0.25) is 5.91 Å². The third-order valence-corrected chi connectivity index (χ3v) is 2.94. The summed E-state index contributed by atoms with van der Waals surface area (Å²) < 4.78 is 0. The fourth-order valence-corrected chi connectivity index (χ4v) is 1.85. The second-order valence-electron chi connectivity index (χ2n) is 5.31. The largest absolute Gasteiger partial charge is 0.353 e. The molecule has 1 aromatic rings. The zero-order valence-electron chi connectivity index (χ0n) is 12.5. The standard InChI is InChI=1S/C15H23N3OS/c1-10(2)12-5-7-13(8-6-12)18-15(20)16-9-14(19)17-11(3)4/h5-8,10-11H,9H2,1-4H3,(H,17,19)(H2,16,18,20). The van der Waals surface area contributed by atoms with E-state index >= 15 is 0 Å². The van der Waals surface area contributed by atoms with Gasteiger partial charge in [-0.05, 0) is 49.7 Å². The van der Waals surface area contributed by atoms with Gasteiger partial charge in [-0.1, -0.05) is 26.0 Å². The van der Waals surface area contributed by atoms with Crippen molar-refractivity contribution in [3.05, 3.63) is 29.8 Å². The number of amides is 1. The Morgan fingerprint density at radius 3 is 2.25 bits per heavy atom. The Bertz CT molecular complexity index is 455. The van der Waals surface area contributed by atoms with Gasteiger partial charge in [-0.2, -0.15) is 0 Å². The van der Waals surface area contributed by atoms with Crippen LogP contribution in [-0.2, 0) is 4.79 Å². The highest BCUT2D eigenvalue weighted by Crippen LogP contribution is 2.16. The minimum absolute atomic E-state index is 0.0701. The lowest BCUT2D eigenvalue weighted by atomic mass is 10.0. The van der Waals surface area contributed by atoms with E-state index in [1.54, 1.807) is 0 Å². The van der Waals surface area contributed by atoms with Gasteiger partial charge in [-0.25, -0.2) is 0 Å². The lowest BCUT2D eigenvalue weighted by Crippen LogP contribution is -2.41. The van der Waals surface area contributed by atoms with Crippen molar-refractivity contribution in [1.29, 1.82) is 0 Å². The summed E-state index contributed by atoms with van der Waals surface area (Å²) in [7, 11) is 0. The lowest BCUT2D eigenvalue weighted by Gasteiger charge is -2.13. The maximum absolute atomic E-state index is 11.5. The number of carbonyl (C=O) groups is 1. The van der Waals surface area contributed by atoms with E-state index in [0.29, 0.717) is 11.0 Å². The summed E-state index contributed by atoms with van der Waals surface area (Å²) in [4.78, 5) is 11.5. The SMILES string of the molecule is CC(C)NC(=O)CNC(=S)Nc1ccc(C(C)C)cc1. The van der Waals surface area contributed by atoms with Crippen LogP contribution in [0.3, 0.4) is 0 Å². The molecule has 0 unspecified atom stereocenters. The summed E-state index contributed by atoms with van der Waals surface area (Å²) in [5, 5.41) is 9.18. The van der Waals surface area contributed by atoms with E-state index in [9.17, 15) is 4.79 Å². The minimum atomic E-state index is -0.0701. The second kappa shape index (κ2) is 7.85. The molecule has 5 heteroatoms. The molecule has 0 saturated heterocycles. The van der Waals surface area contributed by atoms with Crippen LogP contribution in [0.1, 0.15) is 39.2 Å². The fraction of sp³-hybridized carbons (Fsp3) is 0.467. The summed E-state index contributed by atoms with van der Waals surface area (Å²) >= 11 is 5.15. The normalized spacial score (nSPS) is 10.5. The summed E-state index contributed by atoms with van der Waals surface area (Å²) in [6, 6.07) is 8.24. The molecular weight excluding hydrogens is 270 g/mol. The van der Waals surface area contributed by atoms with Gasteiger partial charge in [0.1, 0.15) is 0 Å². The molecule has 0 aliphatic heterocycles. The molecule has 1 amide bonds. The Hall–Kier alpha value is -1.62. The molecule has 0 spiro atoms. The number of carbonyl (C=O) groups excluding carboxylic acids is 1. The van der Waals surface area contributed by atoms with Gasteiger partial charge < -0.3 is 16.0 Å². The molecule has 0 fully saturated rings. The van der Waals surface area contributed by atoms with Crippen molar-refractivity contribution in [2.24, 2.45) is 0 Å². The lowest BCUT2D eigenvalue weighted by molar-refractivity contribution is -0.120. The van der Waals surface area contributed by atoms with Crippen LogP contribution in [0.25, 0.3) is 0 Å². The van der Waals surface area contributed by atoms with Crippen LogP contribution >= 0.6 is 12.2 Å². The van der Waals surface area contributed by atoms with Crippen LogP contribution in [0, 0.1) is 0 Å². The number of rotatable bonds is 5. The molecule has 0 aliphatic rings. The number of thiocarbonyl (C=S) groups is 1. The van der Waals surface area contributed by atoms with Crippen LogP contribution < -0.4 is 16.0 Å². The fourth-order valence-electron chi connectivity index (χ4n) is 1.66. The molecule has 0 aliphatic carbocycles. The van der Waals surface area contributed by atoms with Crippen molar-refractivity contribution in [3.8, 4) is 0 Å². The van der Waals surface area contributed by atoms with Crippen molar-refractivity contribution in [2.45, 2.75) is 39.7 Å². The Balaban J connectivity index is 2.40. The first-order valence-electron chi connectivity index (χ1n) is 6.82. The third-order valence-electron chi connectivity index (χ3n) is 2.69. The van der Waals surface area contributed by atoms with Crippen molar-refractivity contribution in [2.75, 3.05) is 11.9 Å². The molecule has 0 heterocycles. The summed E-state index contributed by atoms with van der Waals surface area (Å²) in [6.45, 7) is 8.33. The first-order valence-corrected chi connectivity index (χ1v) is 7.23. The van der Waals surface area contributed by atoms with Crippen molar-refractivity contribution < 1.29 is 4.79 Å². The zero-order valence-corrected chi connectivity index (χ0v) is 13.3. The monoisotopic (exact) mass is 293 g/mol. The first kappa shape index (κ1) is 16.4. The Labute approximate surface area is 126 Å². The summed E-state index contributed by atoms with van der Waals surface area (Å²) in [5.41, 5.74) is 2.20. The van der Waals surface area contributed by atoms with Gasteiger partial charge in [0.15, 0.2) is 5.11 Å². The first-order chi connectivity index (χ1) is 9.38. The van der Waals surface area contributed by atoms with E-state index in [1.807, 2.05) is 26.0 Å². The maximum atomic E-state index is 11.5. The van der Waals surface area contributed by atoms with Crippen molar-refractivity contribution in [3.63, 3.8) is 0 Å². The molecule has 1 aromatic carbocycles. The predicted molar refractivity (Wildman–Crippen MR) is 88.0 cm³/mol. The number of anilines is 1. The number of hydrogen-bond acceptors (Lipinski definition) is 2. The second-order valence-corrected chi connectivity index (χ2v) is 5.71. The van der Waals surface area contributed by atoms with Gasteiger partial charge in [-0.15, -0.1) is 0 Å². The zero-order chi connectivity index (χ0) is 15.1. The van der Waals surface area contributed by atoms with E-state index in [-0.39, 0.29) is 18.5 Å². The van der Waals surface area contributed by atoms with Crippen LogP contribution in [0.5, 0.6) is 0 Å². The molecule has 0 atom stereocenters. The molecule has 3 N–H and O–H groups in total. The average Bonchev–Trinajstić information content (AvgIpc) is 2.36. The molecule has 110 valence electrons. The minimum Gasteiger partial charge on any atom is -0.353 e. The van der Waals surface area contributed by atoms with Gasteiger partial charge >= 0.3 is 0 Å². The van der Waals surface area contributed by atoms with Gasteiger partial charge in [0, 0.05) is 11.7 Å². The average molecular weight is 293 g/mol. The Kier molecular flexibility index (Phi) is 6.45. The molecule has 0 saturated carbocycles. The highest BCUT2D eigenvalue weighted by atomic mass is 32.1. The molecule has 0 bridgehead atoms. The number of benzene rings is 1. The van der Waals surface area contributed by atoms with Crippen LogP contribution in [-0.4, -0.2) is 23.6 Å². The van der Waals surface area contributed by atoms with Gasteiger partial charge in [-0.3, -0.25) is 4.79 Å². The van der Waals surface area contributed by atoms with E-state index in [1.165, 1.54) is 5.56 Å². The highest BCUT2D eigenvalue weighted by Gasteiger charge is 2.04. The topological polar surface area (TPSA) is 53.2 Å². The van der Waals surface area contributed by atoms with E-state index < -0.39 is 0 Å². The molecule has 20 heavy (non-hydrogen) atoms. The van der Waals surface area contributed by atoms with E-state index in [4.69, 9.17) is 12.2 Å². The van der Waals surface area contributed by atoms with Crippen molar-refractivity contribution in [1.82, 2.24) is 10.6 Å². The van der Waals surface area contributed by atoms with E-state index in [2.05, 4.69) is 41.9 Å². The Morgan fingerprint density at radius 2 is 1.75 bits per heavy atom. The van der Waals surface area contributed by atoms with Gasteiger partial charge in [0.05, 0.1) is 6.54 Å². The summed E-state index contributed by atoms with van der Waals surface area (Å²) in [5.74, 6) is 0.438. The van der Waals surface area contributed by atoms with Crippen LogP contribution in [0.15, 0.2) is 24.3 Å². The third kappa shape index (κ3) is 6.02. The predicted octanol–water partition coefficient (Wildman–Crippen LogP) is 2.62. The molecule has 0 aromatic heterocycles. The van der Waals surface area contributed by atoms with E-state index in [0.717, 1.165) is 5.69 Å². The molecule has 4 nitrogen and oxygen atoms in total. The quantitative estimate of drug-likeness (QED) is 0.731. The molecular formula is C15H23N3OS. The number of hydrogen-bond donors (Lipinski definition) is 3. The van der Waals surface area contributed by atoms with Crippen molar-refractivity contribution >= 4 is 28.9 Å². The maximum Gasteiger partial charge on any atom is 0.239 e.